The lowest BCUT2D eigenvalue weighted by atomic mass is 10.1. The third kappa shape index (κ3) is 3.29. The van der Waals surface area contributed by atoms with Gasteiger partial charge in [0.05, 0.1) is 23.1 Å². The highest BCUT2D eigenvalue weighted by Gasteiger charge is 2.34. The zero-order chi connectivity index (χ0) is 14.8. The Hall–Kier alpha value is -1.60. The second kappa shape index (κ2) is 5.80. The summed E-state index contributed by atoms with van der Waals surface area (Å²) in [5.74, 6) is 0. The smallest absolute Gasteiger partial charge is 0.330 e. The molecule has 108 valence electrons. The molecule has 0 spiro atoms. The maximum absolute atomic E-state index is 13.0. The fourth-order valence-corrected chi connectivity index (χ4v) is 1.92. The summed E-state index contributed by atoms with van der Waals surface area (Å²) >= 11 is 5.62. The Morgan fingerprint density at radius 1 is 1.30 bits per heavy atom. The van der Waals surface area contributed by atoms with Crippen molar-refractivity contribution in [3.63, 3.8) is 0 Å². The molecule has 4 nitrogen and oxygen atoms in total. The van der Waals surface area contributed by atoms with Crippen LogP contribution >= 0.6 is 11.6 Å². The van der Waals surface area contributed by atoms with Crippen LogP contribution in [0.5, 0.6) is 0 Å². The maximum Gasteiger partial charge on any atom is 0.418 e. The van der Waals surface area contributed by atoms with Crippen molar-refractivity contribution in [2.45, 2.75) is 19.0 Å². The van der Waals surface area contributed by atoms with Gasteiger partial charge in [0.15, 0.2) is 0 Å². The summed E-state index contributed by atoms with van der Waals surface area (Å²) in [6.45, 7) is 0.488. The van der Waals surface area contributed by atoms with E-state index in [0.29, 0.717) is 25.1 Å². The molecule has 0 bridgehead atoms. The Morgan fingerprint density at radius 3 is 2.70 bits per heavy atom. The third-order valence-corrected chi connectivity index (χ3v) is 2.92. The molecule has 0 fully saturated rings. The van der Waals surface area contributed by atoms with E-state index in [0.717, 1.165) is 10.7 Å². The maximum atomic E-state index is 13.0. The van der Waals surface area contributed by atoms with E-state index in [2.05, 4.69) is 10.3 Å². The van der Waals surface area contributed by atoms with Gasteiger partial charge < -0.3 is 5.73 Å². The summed E-state index contributed by atoms with van der Waals surface area (Å²) < 4.78 is 40.1. The van der Waals surface area contributed by atoms with Gasteiger partial charge in [0.1, 0.15) is 0 Å². The molecule has 0 saturated carbocycles. The second-order valence-corrected chi connectivity index (χ2v) is 4.64. The number of aryl methyl sites for hydroxylation is 1. The zero-order valence-corrected chi connectivity index (χ0v) is 11.1. The molecule has 1 aromatic heterocycles. The second-order valence-electron chi connectivity index (χ2n) is 4.21. The van der Waals surface area contributed by atoms with Gasteiger partial charge in [-0.15, -0.1) is 5.10 Å². The predicted molar refractivity (Wildman–Crippen MR) is 68.7 cm³/mol. The average molecular weight is 305 g/mol. The van der Waals surface area contributed by atoms with Gasteiger partial charge in [0, 0.05) is 5.02 Å². The normalized spacial score (nSPS) is 11.8. The first-order valence-corrected chi connectivity index (χ1v) is 6.28. The van der Waals surface area contributed by atoms with Crippen LogP contribution in [0.2, 0.25) is 5.02 Å². The summed E-state index contributed by atoms with van der Waals surface area (Å²) in [7, 11) is 0. The lowest BCUT2D eigenvalue weighted by Gasteiger charge is -2.12. The molecule has 1 heterocycles. The molecule has 0 aliphatic rings. The molecule has 0 amide bonds. The first-order chi connectivity index (χ1) is 9.41. The van der Waals surface area contributed by atoms with Gasteiger partial charge in [-0.1, -0.05) is 16.8 Å². The van der Waals surface area contributed by atoms with E-state index in [1.807, 2.05) is 0 Å². The third-order valence-electron chi connectivity index (χ3n) is 2.69. The van der Waals surface area contributed by atoms with Gasteiger partial charge in [-0.05, 0) is 37.6 Å². The van der Waals surface area contributed by atoms with Crippen LogP contribution < -0.4 is 5.73 Å². The first kappa shape index (κ1) is 14.8. The number of hydrogen-bond acceptors (Lipinski definition) is 3. The van der Waals surface area contributed by atoms with Crippen LogP contribution in [0, 0.1) is 0 Å². The van der Waals surface area contributed by atoms with Crippen molar-refractivity contribution >= 4 is 11.6 Å². The van der Waals surface area contributed by atoms with Gasteiger partial charge in [0.25, 0.3) is 0 Å². The molecule has 0 atom stereocenters. The highest BCUT2D eigenvalue weighted by molar-refractivity contribution is 6.30. The van der Waals surface area contributed by atoms with Crippen LogP contribution in [0.4, 0.5) is 13.2 Å². The van der Waals surface area contributed by atoms with Gasteiger partial charge in [0.2, 0.25) is 0 Å². The van der Waals surface area contributed by atoms with Crippen molar-refractivity contribution in [1.29, 1.82) is 0 Å². The molecule has 0 saturated heterocycles. The first-order valence-electron chi connectivity index (χ1n) is 5.90. The number of nitrogens with zero attached hydrogens (tertiary/aromatic N) is 3. The van der Waals surface area contributed by atoms with E-state index in [1.54, 1.807) is 0 Å². The van der Waals surface area contributed by atoms with E-state index in [9.17, 15) is 13.2 Å². The number of hydrogen-bond donors (Lipinski definition) is 1. The van der Waals surface area contributed by atoms with Crippen LogP contribution in [0.3, 0.4) is 0 Å². The van der Waals surface area contributed by atoms with E-state index in [1.165, 1.54) is 18.3 Å². The van der Waals surface area contributed by atoms with Crippen LogP contribution in [0.1, 0.15) is 17.7 Å². The molecule has 20 heavy (non-hydrogen) atoms. The van der Waals surface area contributed by atoms with Gasteiger partial charge in [-0.25, -0.2) is 4.68 Å². The van der Waals surface area contributed by atoms with Crippen molar-refractivity contribution in [2.24, 2.45) is 5.73 Å². The minimum Gasteiger partial charge on any atom is -0.330 e. The average Bonchev–Trinajstić information content (AvgIpc) is 2.84. The van der Waals surface area contributed by atoms with E-state index in [-0.39, 0.29) is 10.7 Å². The molecule has 2 aromatic rings. The molecular formula is C12H12ClF3N4. The number of rotatable bonds is 4. The monoisotopic (exact) mass is 304 g/mol. The van der Waals surface area contributed by atoms with Crippen molar-refractivity contribution < 1.29 is 13.2 Å². The number of alkyl halides is 3. The van der Waals surface area contributed by atoms with Gasteiger partial charge in [-0.3, -0.25) is 0 Å². The lowest BCUT2D eigenvalue weighted by Crippen LogP contribution is -2.11. The molecule has 2 N–H and O–H groups in total. The summed E-state index contributed by atoms with van der Waals surface area (Å²) in [5.41, 5.74) is 5.02. The van der Waals surface area contributed by atoms with Gasteiger partial charge in [-0.2, -0.15) is 13.2 Å². The summed E-state index contributed by atoms with van der Waals surface area (Å²) in [5, 5.41) is 7.58. The number of aromatic nitrogens is 3. The fourth-order valence-electron chi connectivity index (χ4n) is 1.75. The van der Waals surface area contributed by atoms with Crippen LogP contribution in [-0.2, 0) is 12.6 Å². The SMILES string of the molecule is NCCCc1cn(-c2ccc(Cl)cc2C(F)(F)F)nn1. The summed E-state index contributed by atoms with van der Waals surface area (Å²) in [4.78, 5) is 0. The minimum absolute atomic E-state index is 0.0181. The van der Waals surface area contributed by atoms with Crippen LogP contribution in [-0.4, -0.2) is 21.5 Å². The zero-order valence-electron chi connectivity index (χ0n) is 10.4. The Kier molecular flexibility index (Phi) is 4.29. The van der Waals surface area contributed by atoms with Crippen molar-refractivity contribution in [2.75, 3.05) is 6.54 Å². The van der Waals surface area contributed by atoms with Crippen molar-refractivity contribution in [3.05, 3.63) is 40.7 Å². The lowest BCUT2D eigenvalue weighted by molar-refractivity contribution is -0.137. The Bertz CT molecular complexity index is 595. The molecule has 2 rings (SSSR count). The Morgan fingerprint density at radius 2 is 2.05 bits per heavy atom. The van der Waals surface area contributed by atoms with E-state index < -0.39 is 11.7 Å². The van der Waals surface area contributed by atoms with Crippen LogP contribution in [0.25, 0.3) is 5.69 Å². The summed E-state index contributed by atoms with van der Waals surface area (Å²) in [6.07, 6.45) is -1.77. The van der Waals surface area contributed by atoms with Gasteiger partial charge >= 0.3 is 6.18 Å². The minimum atomic E-state index is -4.51. The fraction of sp³-hybridized carbons (Fsp3) is 0.333. The molecule has 0 aliphatic heterocycles. The molecule has 0 aliphatic carbocycles. The predicted octanol–water partition coefficient (Wildman–Crippen LogP) is 2.83. The van der Waals surface area contributed by atoms with E-state index in [4.69, 9.17) is 17.3 Å². The largest absolute Gasteiger partial charge is 0.418 e. The molecule has 8 heteroatoms. The number of halogens is 4. The summed E-state index contributed by atoms with van der Waals surface area (Å²) in [6, 6.07) is 3.53. The quantitative estimate of drug-likeness (QED) is 0.945. The molecular weight excluding hydrogens is 293 g/mol. The highest BCUT2D eigenvalue weighted by Crippen LogP contribution is 2.35. The molecule has 0 radical (unpaired) electrons. The highest BCUT2D eigenvalue weighted by atomic mass is 35.5. The van der Waals surface area contributed by atoms with E-state index >= 15 is 0 Å². The molecule has 1 aromatic carbocycles. The van der Waals surface area contributed by atoms with Crippen LogP contribution in [0.15, 0.2) is 24.4 Å². The number of benzene rings is 1. The van der Waals surface area contributed by atoms with Crippen molar-refractivity contribution in [1.82, 2.24) is 15.0 Å². The molecule has 0 unspecified atom stereocenters. The Labute approximate surface area is 118 Å². The topological polar surface area (TPSA) is 56.7 Å². The number of nitrogens with two attached hydrogens (primary N) is 1. The Balaban J connectivity index is 2.39. The standard InChI is InChI=1S/C12H12ClF3N4/c13-8-3-4-11(10(6-8)12(14,15)16)20-7-9(18-19-20)2-1-5-17/h3-4,6-7H,1-2,5,17H2. The van der Waals surface area contributed by atoms with Crippen molar-refractivity contribution in [3.8, 4) is 5.69 Å².